The SMILES string of the molecule is CCNC(=O)C(C)NC(=O)COc1ccccc1. The van der Waals surface area contributed by atoms with Crippen molar-refractivity contribution in [3.05, 3.63) is 30.3 Å². The van der Waals surface area contributed by atoms with Gasteiger partial charge >= 0.3 is 0 Å². The predicted octanol–water partition coefficient (Wildman–Crippen LogP) is 0.706. The van der Waals surface area contributed by atoms with Crippen LogP contribution in [0.2, 0.25) is 0 Å². The molecule has 0 aliphatic rings. The molecule has 98 valence electrons. The number of hydrogen-bond donors (Lipinski definition) is 2. The summed E-state index contributed by atoms with van der Waals surface area (Å²) in [5.41, 5.74) is 0. The molecule has 2 N–H and O–H groups in total. The van der Waals surface area contributed by atoms with Gasteiger partial charge in [0.05, 0.1) is 0 Å². The van der Waals surface area contributed by atoms with E-state index in [2.05, 4.69) is 10.6 Å². The molecular weight excluding hydrogens is 232 g/mol. The van der Waals surface area contributed by atoms with Crippen LogP contribution in [-0.2, 0) is 9.59 Å². The number of carbonyl (C=O) groups is 2. The van der Waals surface area contributed by atoms with Crippen molar-refractivity contribution in [2.45, 2.75) is 19.9 Å². The number of amides is 2. The summed E-state index contributed by atoms with van der Waals surface area (Å²) >= 11 is 0. The van der Waals surface area contributed by atoms with Gasteiger partial charge in [-0.3, -0.25) is 9.59 Å². The van der Waals surface area contributed by atoms with Crippen molar-refractivity contribution in [3.8, 4) is 5.75 Å². The lowest BCUT2D eigenvalue weighted by Crippen LogP contribution is -2.46. The number of hydrogen-bond acceptors (Lipinski definition) is 3. The molecular formula is C13H18N2O3. The second-order valence-electron chi connectivity index (χ2n) is 3.79. The average molecular weight is 250 g/mol. The Kier molecular flexibility index (Phi) is 5.70. The number of likely N-dealkylation sites (N-methyl/N-ethyl adjacent to an activating group) is 1. The first kappa shape index (κ1) is 14.0. The van der Waals surface area contributed by atoms with E-state index < -0.39 is 6.04 Å². The van der Waals surface area contributed by atoms with Crippen LogP contribution in [0.1, 0.15) is 13.8 Å². The third-order valence-electron chi connectivity index (χ3n) is 2.23. The number of carbonyl (C=O) groups excluding carboxylic acids is 2. The van der Waals surface area contributed by atoms with Crippen LogP contribution in [-0.4, -0.2) is 31.0 Å². The number of para-hydroxylation sites is 1. The number of ether oxygens (including phenoxy) is 1. The van der Waals surface area contributed by atoms with Crippen molar-refractivity contribution in [3.63, 3.8) is 0 Å². The van der Waals surface area contributed by atoms with E-state index in [0.29, 0.717) is 12.3 Å². The van der Waals surface area contributed by atoms with E-state index in [1.165, 1.54) is 0 Å². The van der Waals surface area contributed by atoms with Gasteiger partial charge in [-0.2, -0.15) is 0 Å². The molecule has 5 nitrogen and oxygen atoms in total. The summed E-state index contributed by atoms with van der Waals surface area (Å²) in [4.78, 5) is 22.9. The molecule has 1 unspecified atom stereocenters. The number of rotatable bonds is 6. The van der Waals surface area contributed by atoms with Crippen molar-refractivity contribution in [2.75, 3.05) is 13.2 Å². The molecule has 1 aromatic carbocycles. The van der Waals surface area contributed by atoms with E-state index in [1.54, 1.807) is 19.1 Å². The normalized spacial score (nSPS) is 11.4. The van der Waals surface area contributed by atoms with Crippen molar-refractivity contribution in [2.24, 2.45) is 0 Å². The van der Waals surface area contributed by atoms with E-state index in [-0.39, 0.29) is 18.4 Å². The Morgan fingerprint density at radius 2 is 1.94 bits per heavy atom. The lowest BCUT2D eigenvalue weighted by molar-refractivity contribution is -0.129. The van der Waals surface area contributed by atoms with Gasteiger partial charge in [0.15, 0.2) is 6.61 Å². The molecule has 1 atom stereocenters. The molecule has 5 heteroatoms. The van der Waals surface area contributed by atoms with Gasteiger partial charge in [-0.1, -0.05) is 18.2 Å². The second-order valence-corrected chi connectivity index (χ2v) is 3.79. The Morgan fingerprint density at radius 3 is 2.56 bits per heavy atom. The average Bonchev–Trinajstić information content (AvgIpc) is 2.38. The summed E-state index contributed by atoms with van der Waals surface area (Å²) in [7, 11) is 0. The Bertz CT molecular complexity index is 392. The maximum Gasteiger partial charge on any atom is 0.258 e. The van der Waals surface area contributed by atoms with Crippen molar-refractivity contribution >= 4 is 11.8 Å². The zero-order valence-electron chi connectivity index (χ0n) is 10.6. The van der Waals surface area contributed by atoms with Crippen LogP contribution in [0, 0.1) is 0 Å². The zero-order chi connectivity index (χ0) is 13.4. The van der Waals surface area contributed by atoms with Gasteiger partial charge in [0.2, 0.25) is 5.91 Å². The van der Waals surface area contributed by atoms with Crippen LogP contribution >= 0.6 is 0 Å². The van der Waals surface area contributed by atoms with Crippen molar-refractivity contribution in [1.29, 1.82) is 0 Å². The molecule has 0 saturated heterocycles. The highest BCUT2D eigenvalue weighted by atomic mass is 16.5. The molecule has 0 spiro atoms. The van der Waals surface area contributed by atoms with Gasteiger partial charge in [0.1, 0.15) is 11.8 Å². The summed E-state index contributed by atoms with van der Waals surface area (Å²) in [5.74, 6) is 0.0986. The summed E-state index contributed by atoms with van der Waals surface area (Å²) in [5, 5.41) is 5.19. The Balaban J connectivity index is 2.31. The molecule has 0 heterocycles. The lowest BCUT2D eigenvalue weighted by Gasteiger charge is -2.13. The van der Waals surface area contributed by atoms with E-state index in [4.69, 9.17) is 4.74 Å². The summed E-state index contributed by atoms with van der Waals surface area (Å²) in [6, 6.07) is 8.48. The molecule has 0 bridgehead atoms. The molecule has 2 amide bonds. The maximum absolute atomic E-state index is 11.5. The summed E-state index contributed by atoms with van der Waals surface area (Å²) < 4.78 is 5.26. The van der Waals surface area contributed by atoms with Crippen molar-refractivity contribution in [1.82, 2.24) is 10.6 Å². The third-order valence-corrected chi connectivity index (χ3v) is 2.23. The maximum atomic E-state index is 11.5. The van der Waals surface area contributed by atoms with Gasteiger partial charge in [0.25, 0.3) is 5.91 Å². The Labute approximate surface area is 107 Å². The lowest BCUT2D eigenvalue weighted by atomic mass is 10.3. The first-order valence-corrected chi connectivity index (χ1v) is 5.88. The first-order valence-electron chi connectivity index (χ1n) is 5.88. The van der Waals surface area contributed by atoms with E-state index in [0.717, 1.165) is 0 Å². The fourth-order valence-corrected chi connectivity index (χ4v) is 1.34. The Morgan fingerprint density at radius 1 is 1.28 bits per heavy atom. The first-order chi connectivity index (χ1) is 8.63. The highest BCUT2D eigenvalue weighted by Gasteiger charge is 2.14. The fourth-order valence-electron chi connectivity index (χ4n) is 1.34. The Hall–Kier alpha value is -2.04. The molecule has 1 rings (SSSR count). The molecule has 0 aromatic heterocycles. The molecule has 18 heavy (non-hydrogen) atoms. The predicted molar refractivity (Wildman–Crippen MR) is 68.2 cm³/mol. The van der Waals surface area contributed by atoms with Crippen LogP contribution in [0.25, 0.3) is 0 Å². The van der Waals surface area contributed by atoms with E-state index >= 15 is 0 Å². The van der Waals surface area contributed by atoms with Crippen LogP contribution in [0.15, 0.2) is 30.3 Å². The minimum Gasteiger partial charge on any atom is -0.484 e. The fraction of sp³-hybridized carbons (Fsp3) is 0.385. The van der Waals surface area contributed by atoms with Gasteiger partial charge < -0.3 is 15.4 Å². The highest BCUT2D eigenvalue weighted by Crippen LogP contribution is 2.07. The third kappa shape index (κ3) is 4.86. The van der Waals surface area contributed by atoms with Gasteiger partial charge in [-0.25, -0.2) is 0 Å². The van der Waals surface area contributed by atoms with Crippen molar-refractivity contribution < 1.29 is 14.3 Å². The summed E-state index contributed by atoms with van der Waals surface area (Å²) in [6.07, 6.45) is 0. The standard InChI is InChI=1S/C13H18N2O3/c1-3-14-13(17)10(2)15-12(16)9-18-11-7-5-4-6-8-11/h4-8,10H,3,9H2,1-2H3,(H,14,17)(H,15,16). The minimum absolute atomic E-state index is 0.103. The van der Waals surface area contributed by atoms with Gasteiger partial charge in [-0.15, -0.1) is 0 Å². The second kappa shape index (κ2) is 7.32. The molecule has 0 saturated carbocycles. The number of benzene rings is 1. The van der Waals surface area contributed by atoms with Crippen LogP contribution in [0.3, 0.4) is 0 Å². The highest BCUT2D eigenvalue weighted by molar-refractivity contribution is 5.87. The molecule has 0 aliphatic carbocycles. The quantitative estimate of drug-likeness (QED) is 0.781. The van der Waals surface area contributed by atoms with Gasteiger partial charge in [0, 0.05) is 6.54 Å². The van der Waals surface area contributed by atoms with Crippen LogP contribution in [0.4, 0.5) is 0 Å². The van der Waals surface area contributed by atoms with Crippen LogP contribution in [0.5, 0.6) is 5.75 Å². The van der Waals surface area contributed by atoms with E-state index in [9.17, 15) is 9.59 Å². The molecule has 0 aliphatic heterocycles. The molecule has 0 radical (unpaired) electrons. The monoisotopic (exact) mass is 250 g/mol. The molecule has 0 fully saturated rings. The summed E-state index contributed by atoms with van der Waals surface area (Å²) in [6.45, 7) is 3.89. The number of nitrogens with one attached hydrogen (secondary N) is 2. The van der Waals surface area contributed by atoms with E-state index in [1.807, 2.05) is 25.1 Å². The topological polar surface area (TPSA) is 67.4 Å². The molecule has 1 aromatic rings. The largest absolute Gasteiger partial charge is 0.484 e. The smallest absolute Gasteiger partial charge is 0.258 e. The van der Waals surface area contributed by atoms with Gasteiger partial charge in [-0.05, 0) is 26.0 Å². The minimum atomic E-state index is -0.558. The van der Waals surface area contributed by atoms with Crippen LogP contribution < -0.4 is 15.4 Å². The zero-order valence-corrected chi connectivity index (χ0v) is 10.6.